The molecular formula is C43H50KN4O14S2. The van der Waals surface area contributed by atoms with Crippen LogP contribution in [0.15, 0.2) is 70.1 Å². The fourth-order valence-corrected chi connectivity index (χ4v) is 9.38. The molecule has 0 spiro atoms. The van der Waals surface area contributed by atoms with Crippen LogP contribution in [0.1, 0.15) is 116 Å². The van der Waals surface area contributed by atoms with Crippen LogP contribution in [-0.4, -0.2) is 146 Å². The van der Waals surface area contributed by atoms with Crippen LogP contribution < -0.4 is 4.90 Å². The van der Waals surface area contributed by atoms with Gasteiger partial charge in [0.1, 0.15) is 16.7 Å². The van der Waals surface area contributed by atoms with Gasteiger partial charge in [-0.1, -0.05) is 26.3 Å². The van der Waals surface area contributed by atoms with Gasteiger partial charge in [0, 0.05) is 137 Å². The summed E-state index contributed by atoms with van der Waals surface area (Å²) in [6.45, 7) is 8.55. The Labute approximate surface area is 414 Å². The van der Waals surface area contributed by atoms with E-state index >= 15 is 0 Å². The van der Waals surface area contributed by atoms with Crippen molar-refractivity contribution in [3.63, 3.8) is 0 Å². The second-order valence-corrected chi connectivity index (χ2v) is 19.6. The largest absolute Gasteiger partial charge is 0.744 e. The van der Waals surface area contributed by atoms with E-state index in [-0.39, 0.29) is 99.7 Å². The Morgan fingerprint density at radius 2 is 1.25 bits per heavy atom. The zero-order chi connectivity index (χ0) is 46.1. The van der Waals surface area contributed by atoms with Crippen molar-refractivity contribution in [1.29, 1.82) is 0 Å². The van der Waals surface area contributed by atoms with E-state index in [1.54, 1.807) is 12.1 Å². The van der Waals surface area contributed by atoms with Gasteiger partial charge in [-0.05, 0) is 81.5 Å². The van der Waals surface area contributed by atoms with Crippen molar-refractivity contribution in [2.45, 2.75) is 125 Å². The summed E-state index contributed by atoms with van der Waals surface area (Å²) < 4.78 is 72.6. The zero-order valence-electron chi connectivity index (χ0n) is 36.5. The number of rotatable bonds is 18. The summed E-state index contributed by atoms with van der Waals surface area (Å²) >= 11 is 0. The molecule has 4 aliphatic rings. The average molecular weight is 950 g/mol. The molecule has 4 heterocycles. The Morgan fingerprint density at radius 3 is 1.78 bits per heavy atom. The van der Waals surface area contributed by atoms with Gasteiger partial charge in [-0.2, -0.15) is 13.0 Å². The van der Waals surface area contributed by atoms with Crippen LogP contribution in [0.3, 0.4) is 0 Å². The van der Waals surface area contributed by atoms with Crippen LogP contribution in [-0.2, 0) is 69.5 Å². The topological polar surface area (TPSA) is 245 Å². The van der Waals surface area contributed by atoms with E-state index in [1.807, 2.05) is 55.4 Å². The molecule has 18 nitrogen and oxygen atoms in total. The Kier molecular flexibility index (Phi) is 16.2. The van der Waals surface area contributed by atoms with E-state index in [9.17, 15) is 54.7 Å². The molecule has 64 heavy (non-hydrogen) atoms. The Hall–Kier alpha value is -3.93. The van der Waals surface area contributed by atoms with Crippen molar-refractivity contribution in [1.82, 2.24) is 10.1 Å². The normalized spacial score (nSPS) is 18.7. The molecule has 0 atom stereocenters. The molecule has 4 aliphatic heterocycles. The standard InChI is InChI=1S/C43H50N4O14S2.K/c1-42(2)30-26-28(62(54,55)56)16-18-32(30)44(24-9-5-7-14-40(52)60-46-36(48)20-21-37(46)49)34(42)12-11-13-35-43(3,4)31-27-29(63(57,58)59)17-19-33(31)45(35)25-10-6-8-15-41(53)61-47-38(50)22-23-39(47)51;/h11-13,16-19,26-27H,5-10,14-15,20-25H2,1-4H3,(H-,54,55,56,57,58,59);. The molecule has 0 aromatic heterocycles. The van der Waals surface area contributed by atoms with Gasteiger partial charge in [-0.15, -0.1) is 10.1 Å². The summed E-state index contributed by atoms with van der Waals surface area (Å²) in [5, 5.41) is 1.03. The van der Waals surface area contributed by atoms with Gasteiger partial charge in [-0.25, -0.2) is 18.0 Å². The molecule has 2 aromatic carbocycles. The van der Waals surface area contributed by atoms with E-state index in [1.165, 1.54) is 24.3 Å². The summed E-state index contributed by atoms with van der Waals surface area (Å²) in [5.74, 6) is -3.63. The van der Waals surface area contributed by atoms with E-state index in [4.69, 9.17) is 9.68 Å². The van der Waals surface area contributed by atoms with E-state index in [0.717, 1.165) is 11.4 Å². The molecule has 2 fully saturated rings. The first-order chi connectivity index (χ1) is 29.5. The molecule has 0 saturated carbocycles. The third kappa shape index (κ3) is 11.2. The van der Waals surface area contributed by atoms with Gasteiger partial charge in [0.25, 0.3) is 33.7 Å². The number of unbranched alkanes of at least 4 members (excludes halogenated alkanes) is 4. The summed E-state index contributed by atoms with van der Waals surface area (Å²) in [6, 6.07) is 8.65. The maximum atomic E-state index is 12.4. The van der Waals surface area contributed by atoms with Gasteiger partial charge in [-0.3, -0.25) is 23.7 Å². The zero-order valence-corrected chi connectivity index (χ0v) is 41.2. The minimum Gasteiger partial charge on any atom is -0.744 e. The fourth-order valence-electron chi connectivity index (χ4n) is 8.38. The number of allylic oxidation sites excluding steroid dienone is 4. The molecule has 0 bridgehead atoms. The number of fused-ring (bicyclic) bond motifs is 2. The van der Waals surface area contributed by atoms with Crippen molar-refractivity contribution in [2.24, 2.45) is 0 Å². The molecule has 4 amide bonds. The summed E-state index contributed by atoms with van der Waals surface area (Å²) in [4.78, 5) is 83.5. The monoisotopic (exact) mass is 949 g/mol. The number of hydrogen-bond donors (Lipinski definition) is 1. The molecule has 0 aliphatic carbocycles. The molecule has 21 heteroatoms. The maximum absolute atomic E-state index is 12.4. The number of amides is 4. The smallest absolute Gasteiger partial charge is 0.333 e. The molecule has 2 aromatic rings. The fraction of sp³-hybridized carbons (Fsp3) is 0.465. The summed E-state index contributed by atoms with van der Waals surface area (Å²) in [6.07, 6.45) is 8.64. The first kappa shape index (κ1) is 51.1. The minimum absolute atomic E-state index is 0. The number of anilines is 1. The molecule has 2 saturated heterocycles. The molecule has 0 unspecified atom stereocenters. The van der Waals surface area contributed by atoms with Crippen LogP contribution >= 0.6 is 0 Å². The van der Waals surface area contributed by atoms with Crippen LogP contribution in [0.4, 0.5) is 11.4 Å². The van der Waals surface area contributed by atoms with Crippen LogP contribution in [0, 0.1) is 0 Å². The summed E-state index contributed by atoms with van der Waals surface area (Å²) in [5.41, 5.74) is 2.68. The average Bonchev–Trinajstić information content (AvgIpc) is 3.83. The molecule has 1 radical (unpaired) electrons. The number of nitrogens with zero attached hydrogens (tertiary/aromatic N) is 4. The third-order valence-electron chi connectivity index (χ3n) is 11.7. The van der Waals surface area contributed by atoms with Gasteiger partial charge >= 0.3 is 11.9 Å². The van der Waals surface area contributed by atoms with Gasteiger partial charge < -0.3 is 19.1 Å². The Balaban J connectivity index is 0.00000771. The van der Waals surface area contributed by atoms with Crippen molar-refractivity contribution in [3.05, 3.63) is 71.5 Å². The second-order valence-electron chi connectivity index (χ2n) is 16.8. The molecule has 339 valence electrons. The number of benzene rings is 2. The van der Waals surface area contributed by atoms with Gasteiger partial charge in [0.05, 0.1) is 15.2 Å². The van der Waals surface area contributed by atoms with E-state index in [2.05, 4.69) is 0 Å². The van der Waals surface area contributed by atoms with Crippen LogP contribution in [0.5, 0.6) is 0 Å². The molecule has 6 rings (SSSR count). The van der Waals surface area contributed by atoms with Gasteiger partial charge in [0.2, 0.25) is 5.69 Å². The SMILES string of the molecule is CC1(C)C(/C=C/C=C2\N(CCCCCC(=O)ON3C(=O)CCC3=O)c3ccc(S(=O)(=O)O)cc3C2(C)C)=[N+](CCCCCC(=O)ON2C(=O)CCC2=O)c2ccc(S(=O)(=O)[O-])cc21.[K]. The number of carbonyl (C=O) groups is 6. The quantitative estimate of drug-likeness (QED) is 0.0715. The predicted molar refractivity (Wildman–Crippen MR) is 228 cm³/mol. The molecular weight excluding hydrogens is 900 g/mol. The number of hydrogen-bond acceptors (Lipinski definition) is 14. The second kappa shape index (κ2) is 20.3. The van der Waals surface area contributed by atoms with Crippen LogP contribution in [0.2, 0.25) is 0 Å². The number of imide groups is 2. The number of hydroxylamine groups is 4. The van der Waals surface area contributed by atoms with Gasteiger partial charge in [0.15, 0.2) is 5.71 Å². The molecule has 1 N–H and O–H groups in total. The van der Waals surface area contributed by atoms with Crippen molar-refractivity contribution >= 4 is 124 Å². The van der Waals surface area contributed by atoms with Crippen molar-refractivity contribution in [3.8, 4) is 0 Å². The first-order valence-corrected chi connectivity index (χ1v) is 23.5. The third-order valence-corrected chi connectivity index (χ3v) is 13.4. The minimum atomic E-state index is -4.77. The first-order valence-electron chi connectivity index (χ1n) is 20.7. The van der Waals surface area contributed by atoms with Crippen molar-refractivity contribution in [2.75, 3.05) is 18.0 Å². The Morgan fingerprint density at radius 1 is 0.734 bits per heavy atom. The van der Waals surface area contributed by atoms with E-state index in [0.29, 0.717) is 84.2 Å². The predicted octanol–water partition coefficient (Wildman–Crippen LogP) is 4.41. The summed E-state index contributed by atoms with van der Waals surface area (Å²) in [7, 11) is -9.30. The van der Waals surface area contributed by atoms with E-state index < -0.39 is 66.6 Å². The van der Waals surface area contributed by atoms with Crippen molar-refractivity contribution < 1.29 is 69.0 Å². The number of carbonyl (C=O) groups excluding carboxylic acids is 6. The maximum Gasteiger partial charge on any atom is 0.333 e. The van der Waals surface area contributed by atoms with Crippen LogP contribution in [0.25, 0.3) is 0 Å². The Bertz CT molecular complexity index is 2550.